The minimum Gasteiger partial charge on any atom is -0.422 e. The standard InChI is InChI=1S/C32H43NO2/c1-4-5-6-7-8-9-10-25-11-14-27(15-12-25)28-16-18-29(19-17-28)32(34)35-31-20-13-26(21-24(2)3)22-30(31)23-33/h13,16-20,22,24-25,27H,4-12,14-15,21H2,1-3H3. The van der Waals surface area contributed by atoms with E-state index in [4.69, 9.17) is 4.74 Å². The number of carbonyl (C=O) groups is 1. The first-order valence-corrected chi connectivity index (χ1v) is 13.8. The van der Waals surface area contributed by atoms with Gasteiger partial charge in [-0.05, 0) is 85.3 Å². The first kappa shape index (κ1) is 27.0. The Morgan fingerprint density at radius 3 is 2.31 bits per heavy atom. The number of carbonyl (C=O) groups excluding carboxylic acids is 1. The Bertz CT molecular complexity index is 962. The second-order valence-electron chi connectivity index (χ2n) is 10.8. The average molecular weight is 474 g/mol. The Morgan fingerprint density at radius 1 is 0.971 bits per heavy atom. The first-order chi connectivity index (χ1) is 17.0. The lowest BCUT2D eigenvalue weighted by molar-refractivity contribution is 0.0734. The Hall–Kier alpha value is -2.60. The molecule has 35 heavy (non-hydrogen) atoms. The van der Waals surface area contributed by atoms with Gasteiger partial charge in [-0.2, -0.15) is 5.26 Å². The highest BCUT2D eigenvalue weighted by Gasteiger charge is 2.22. The van der Waals surface area contributed by atoms with E-state index in [9.17, 15) is 10.1 Å². The molecule has 3 nitrogen and oxygen atoms in total. The molecule has 188 valence electrons. The maximum absolute atomic E-state index is 12.7. The first-order valence-electron chi connectivity index (χ1n) is 13.8. The highest BCUT2D eigenvalue weighted by molar-refractivity contribution is 5.91. The van der Waals surface area contributed by atoms with E-state index in [-0.39, 0.29) is 0 Å². The topological polar surface area (TPSA) is 50.1 Å². The molecule has 0 saturated heterocycles. The third-order valence-electron chi connectivity index (χ3n) is 7.44. The maximum Gasteiger partial charge on any atom is 0.343 e. The zero-order valence-corrected chi connectivity index (χ0v) is 22.0. The van der Waals surface area contributed by atoms with Crippen LogP contribution in [0.25, 0.3) is 0 Å². The van der Waals surface area contributed by atoms with Crippen LogP contribution in [0.3, 0.4) is 0 Å². The Kier molecular flexibility index (Phi) is 10.9. The lowest BCUT2D eigenvalue weighted by atomic mass is 9.77. The van der Waals surface area contributed by atoms with Gasteiger partial charge < -0.3 is 4.74 Å². The zero-order valence-electron chi connectivity index (χ0n) is 22.0. The van der Waals surface area contributed by atoms with E-state index in [1.807, 2.05) is 24.3 Å². The summed E-state index contributed by atoms with van der Waals surface area (Å²) in [7, 11) is 0. The molecule has 0 spiro atoms. The maximum atomic E-state index is 12.7. The minimum absolute atomic E-state index is 0.331. The largest absolute Gasteiger partial charge is 0.422 e. The SMILES string of the molecule is CCCCCCCCC1CCC(c2ccc(C(=O)Oc3ccc(CC(C)C)cc3C#N)cc2)CC1. The van der Waals surface area contributed by atoms with Crippen LogP contribution in [0.15, 0.2) is 42.5 Å². The molecule has 0 N–H and O–H groups in total. The van der Waals surface area contributed by atoms with E-state index in [1.165, 1.54) is 76.2 Å². The lowest BCUT2D eigenvalue weighted by Gasteiger charge is -2.29. The molecular formula is C32H43NO2. The fourth-order valence-corrected chi connectivity index (χ4v) is 5.40. The van der Waals surface area contributed by atoms with Crippen LogP contribution in [0.2, 0.25) is 0 Å². The second kappa shape index (κ2) is 14.1. The molecule has 1 aliphatic carbocycles. The third-order valence-corrected chi connectivity index (χ3v) is 7.44. The number of rotatable bonds is 12. The highest BCUT2D eigenvalue weighted by Crippen LogP contribution is 2.38. The van der Waals surface area contributed by atoms with Crippen molar-refractivity contribution in [3.8, 4) is 11.8 Å². The molecule has 1 aliphatic rings. The van der Waals surface area contributed by atoms with Crippen molar-refractivity contribution in [3.63, 3.8) is 0 Å². The number of nitrogens with zero attached hydrogens (tertiary/aromatic N) is 1. The number of ether oxygens (including phenoxy) is 1. The predicted octanol–water partition coefficient (Wildman–Crippen LogP) is 9.00. The predicted molar refractivity (Wildman–Crippen MR) is 144 cm³/mol. The fraction of sp³-hybridized carbons (Fsp3) is 0.562. The van der Waals surface area contributed by atoms with Gasteiger partial charge in [0.25, 0.3) is 0 Å². The van der Waals surface area contributed by atoms with Crippen molar-refractivity contribution in [2.75, 3.05) is 0 Å². The molecule has 0 atom stereocenters. The molecule has 0 heterocycles. The van der Waals surface area contributed by atoms with Crippen LogP contribution in [-0.4, -0.2) is 5.97 Å². The zero-order chi connectivity index (χ0) is 25.0. The monoisotopic (exact) mass is 473 g/mol. The molecule has 0 amide bonds. The number of esters is 1. The summed E-state index contributed by atoms with van der Waals surface area (Å²) < 4.78 is 5.59. The van der Waals surface area contributed by atoms with Crippen LogP contribution < -0.4 is 4.74 Å². The summed E-state index contributed by atoms with van der Waals surface area (Å²) >= 11 is 0. The fourth-order valence-electron chi connectivity index (χ4n) is 5.40. The van der Waals surface area contributed by atoms with Crippen molar-refractivity contribution in [1.82, 2.24) is 0 Å². The van der Waals surface area contributed by atoms with Crippen LogP contribution in [0.4, 0.5) is 0 Å². The van der Waals surface area contributed by atoms with Gasteiger partial charge in [-0.25, -0.2) is 4.79 Å². The van der Waals surface area contributed by atoms with Gasteiger partial charge in [0.15, 0.2) is 0 Å². The summed E-state index contributed by atoms with van der Waals surface area (Å²) in [4.78, 5) is 12.7. The van der Waals surface area contributed by atoms with Crippen LogP contribution in [-0.2, 0) is 6.42 Å². The molecule has 0 aromatic heterocycles. The molecule has 0 aliphatic heterocycles. The molecule has 2 aromatic rings. The van der Waals surface area contributed by atoms with Crippen molar-refractivity contribution >= 4 is 5.97 Å². The second-order valence-corrected chi connectivity index (χ2v) is 10.8. The van der Waals surface area contributed by atoms with E-state index in [0.29, 0.717) is 28.7 Å². The van der Waals surface area contributed by atoms with Gasteiger partial charge in [0.05, 0.1) is 11.1 Å². The molecule has 0 radical (unpaired) electrons. The van der Waals surface area contributed by atoms with Gasteiger partial charge in [-0.15, -0.1) is 0 Å². The number of nitriles is 1. The van der Waals surface area contributed by atoms with Gasteiger partial charge in [0.1, 0.15) is 11.8 Å². The van der Waals surface area contributed by atoms with E-state index in [1.54, 1.807) is 6.07 Å². The van der Waals surface area contributed by atoms with Crippen molar-refractivity contribution in [3.05, 3.63) is 64.7 Å². The van der Waals surface area contributed by atoms with Crippen LogP contribution >= 0.6 is 0 Å². The summed E-state index contributed by atoms with van der Waals surface area (Å²) in [6.45, 7) is 6.56. The molecule has 0 bridgehead atoms. The van der Waals surface area contributed by atoms with E-state index >= 15 is 0 Å². The molecule has 3 heteroatoms. The summed E-state index contributed by atoms with van der Waals surface area (Å²) in [5.41, 5.74) is 3.35. The summed E-state index contributed by atoms with van der Waals surface area (Å²) in [6, 6.07) is 15.6. The van der Waals surface area contributed by atoms with Gasteiger partial charge in [0, 0.05) is 0 Å². The normalized spacial score (nSPS) is 17.8. The summed E-state index contributed by atoms with van der Waals surface area (Å²) in [5.74, 6) is 1.92. The number of hydrogen-bond donors (Lipinski definition) is 0. The summed E-state index contributed by atoms with van der Waals surface area (Å²) in [6.07, 6.45) is 15.7. The Morgan fingerprint density at radius 2 is 1.66 bits per heavy atom. The highest BCUT2D eigenvalue weighted by atomic mass is 16.5. The molecule has 3 rings (SSSR count). The number of hydrogen-bond acceptors (Lipinski definition) is 3. The molecule has 2 aromatic carbocycles. The Labute approximate surface area is 212 Å². The van der Waals surface area contributed by atoms with Gasteiger partial charge in [-0.3, -0.25) is 0 Å². The van der Waals surface area contributed by atoms with Crippen LogP contribution in [0.5, 0.6) is 5.75 Å². The molecule has 0 unspecified atom stereocenters. The minimum atomic E-state index is -0.410. The van der Waals surface area contributed by atoms with E-state index < -0.39 is 5.97 Å². The van der Waals surface area contributed by atoms with Crippen LogP contribution in [0.1, 0.15) is 124 Å². The summed E-state index contributed by atoms with van der Waals surface area (Å²) in [5, 5.41) is 9.51. The number of unbranched alkanes of at least 4 members (excludes halogenated alkanes) is 5. The number of benzene rings is 2. The van der Waals surface area contributed by atoms with Gasteiger partial charge in [-0.1, -0.05) is 83.9 Å². The van der Waals surface area contributed by atoms with Crippen molar-refractivity contribution in [2.24, 2.45) is 11.8 Å². The van der Waals surface area contributed by atoms with Crippen LogP contribution in [0, 0.1) is 23.2 Å². The third kappa shape index (κ3) is 8.53. The van der Waals surface area contributed by atoms with E-state index in [2.05, 4.69) is 39.0 Å². The van der Waals surface area contributed by atoms with E-state index in [0.717, 1.165) is 17.9 Å². The lowest BCUT2D eigenvalue weighted by Crippen LogP contribution is -2.14. The van der Waals surface area contributed by atoms with Gasteiger partial charge in [0.2, 0.25) is 0 Å². The van der Waals surface area contributed by atoms with Crippen molar-refractivity contribution in [1.29, 1.82) is 5.26 Å². The molecule has 1 fully saturated rings. The molecular weight excluding hydrogens is 430 g/mol. The smallest absolute Gasteiger partial charge is 0.343 e. The molecule has 1 saturated carbocycles. The average Bonchev–Trinajstić information content (AvgIpc) is 2.87. The quantitative estimate of drug-likeness (QED) is 0.175. The van der Waals surface area contributed by atoms with Crippen molar-refractivity contribution in [2.45, 2.75) is 104 Å². The van der Waals surface area contributed by atoms with Crippen molar-refractivity contribution < 1.29 is 9.53 Å². The Balaban J connectivity index is 1.48. The van der Waals surface area contributed by atoms with Gasteiger partial charge >= 0.3 is 5.97 Å².